The van der Waals surface area contributed by atoms with Crippen molar-refractivity contribution in [2.45, 2.75) is 37.7 Å². The number of halogens is 2. The third kappa shape index (κ3) is 4.47. The van der Waals surface area contributed by atoms with Gasteiger partial charge in [-0.1, -0.05) is 25.4 Å². The number of aromatic amines is 2. The monoisotopic (exact) mass is 469 g/mol. The third-order valence-electron chi connectivity index (χ3n) is 4.42. The number of nitrogens with one attached hydrogen (secondary N) is 2. The number of aromatic nitrogens is 5. The largest absolute Gasteiger partial charge is 0.476 e. The summed E-state index contributed by atoms with van der Waals surface area (Å²) >= 11 is 13.0. The van der Waals surface area contributed by atoms with Crippen LogP contribution in [0, 0.1) is 0 Å². The smallest absolute Gasteiger partial charge is 0.362 e. The van der Waals surface area contributed by atoms with E-state index in [1.807, 2.05) is 18.8 Å². The molecule has 2 aromatic rings. The Kier molecular flexibility index (Phi) is 5.92. The minimum Gasteiger partial charge on any atom is -0.476 e. The highest BCUT2D eigenvalue weighted by Gasteiger charge is 2.39. The molecular weight excluding hydrogens is 453 g/mol. The maximum atomic E-state index is 12.2. The molecule has 0 fully saturated rings. The lowest BCUT2D eigenvalue weighted by atomic mass is 9.96. The molecule has 2 aromatic heterocycles. The van der Waals surface area contributed by atoms with Gasteiger partial charge in [0.1, 0.15) is 4.87 Å². The maximum absolute atomic E-state index is 12.2. The summed E-state index contributed by atoms with van der Waals surface area (Å²) in [6.07, 6.45) is 1.71. The van der Waals surface area contributed by atoms with Crippen LogP contribution in [-0.4, -0.2) is 47.0 Å². The van der Waals surface area contributed by atoms with E-state index in [1.54, 1.807) is 6.92 Å². The highest BCUT2D eigenvalue weighted by molar-refractivity contribution is 6.34. The van der Waals surface area contributed by atoms with Crippen LogP contribution >= 0.6 is 23.2 Å². The van der Waals surface area contributed by atoms with E-state index in [1.165, 1.54) is 18.2 Å². The van der Waals surface area contributed by atoms with Gasteiger partial charge in [0.15, 0.2) is 6.10 Å². The predicted molar refractivity (Wildman–Crippen MR) is 112 cm³/mol. The summed E-state index contributed by atoms with van der Waals surface area (Å²) in [6.45, 7) is 5.21. The molecule has 0 aliphatic heterocycles. The van der Waals surface area contributed by atoms with Crippen LogP contribution in [0.4, 0.5) is 0 Å². The molecule has 0 aromatic carbocycles. The SMILES string of the molecule is CC(C)c1cc(OC2C(Cl)=CC(n3nc(C(=O)O)c(=O)[nH]c3=O)=CC2(C)Cl)n[nH]c1=O. The van der Waals surface area contributed by atoms with E-state index in [0.29, 0.717) is 10.2 Å². The van der Waals surface area contributed by atoms with Gasteiger partial charge in [-0.25, -0.2) is 14.7 Å². The molecule has 0 spiro atoms. The standard InChI is InChI=1S/C18H17Cl2N5O6/c1-7(2)9-5-11(22-23-14(9)26)31-13-10(19)4-8(6-18(13,3)20)25-17(30)21-15(27)12(24-25)16(28)29/h4-7,13H,1-3H3,(H,23,26)(H,28,29)(H,21,27,30). The average molecular weight is 470 g/mol. The number of carboxylic acid groups (broad SMARTS) is 1. The molecule has 0 saturated carbocycles. The predicted octanol–water partition coefficient (Wildman–Crippen LogP) is 1.26. The molecular formula is C18H17Cl2N5O6. The first-order chi connectivity index (χ1) is 14.4. The Labute approximate surface area is 184 Å². The number of hydrogen-bond donors (Lipinski definition) is 3. The lowest BCUT2D eigenvalue weighted by Crippen LogP contribution is -2.42. The first-order valence-corrected chi connectivity index (χ1v) is 9.68. The molecule has 2 heterocycles. The Morgan fingerprint density at radius 2 is 2.00 bits per heavy atom. The molecule has 31 heavy (non-hydrogen) atoms. The zero-order valence-electron chi connectivity index (χ0n) is 16.5. The fourth-order valence-electron chi connectivity index (χ4n) is 2.91. The molecule has 0 radical (unpaired) electrons. The molecule has 3 N–H and O–H groups in total. The van der Waals surface area contributed by atoms with Crippen molar-refractivity contribution in [2.75, 3.05) is 0 Å². The van der Waals surface area contributed by atoms with Crippen molar-refractivity contribution in [3.05, 3.63) is 65.7 Å². The number of H-pyrrole nitrogens is 2. The van der Waals surface area contributed by atoms with Crippen LogP contribution in [0.5, 0.6) is 5.88 Å². The summed E-state index contributed by atoms with van der Waals surface area (Å²) in [4.78, 5) is 47.4. The van der Waals surface area contributed by atoms with E-state index in [0.717, 1.165) is 0 Å². The lowest BCUT2D eigenvalue weighted by Gasteiger charge is -2.32. The van der Waals surface area contributed by atoms with Gasteiger partial charge in [-0.3, -0.25) is 14.6 Å². The topological polar surface area (TPSA) is 160 Å². The van der Waals surface area contributed by atoms with Gasteiger partial charge < -0.3 is 9.84 Å². The summed E-state index contributed by atoms with van der Waals surface area (Å²) in [5.74, 6) is -1.61. The second kappa shape index (κ2) is 8.16. The molecule has 2 atom stereocenters. The van der Waals surface area contributed by atoms with Crippen molar-refractivity contribution >= 4 is 34.9 Å². The van der Waals surface area contributed by atoms with Crippen LogP contribution < -0.4 is 21.5 Å². The minimum atomic E-state index is -1.61. The highest BCUT2D eigenvalue weighted by Crippen LogP contribution is 2.37. The fourth-order valence-corrected chi connectivity index (χ4v) is 3.63. The number of carboxylic acids is 1. The lowest BCUT2D eigenvalue weighted by molar-refractivity contribution is 0.0685. The zero-order chi connectivity index (χ0) is 23.1. The number of hydrogen-bond acceptors (Lipinski definition) is 7. The molecule has 3 rings (SSSR count). The van der Waals surface area contributed by atoms with Crippen molar-refractivity contribution in [3.8, 4) is 5.88 Å². The Hall–Kier alpha value is -3.18. The Balaban J connectivity index is 2.01. The van der Waals surface area contributed by atoms with Gasteiger partial charge in [-0.2, -0.15) is 9.78 Å². The van der Waals surface area contributed by atoms with Crippen molar-refractivity contribution in [1.82, 2.24) is 25.0 Å². The molecule has 0 saturated heterocycles. The van der Waals surface area contributed by atoms with Crippen LogP contribution in [0.1, 0.15) is 42.7 Å². The van der Waals surface area contributed by atoms with Crippen LogP contribution in [0.3, 0.4) is 0 Å². The van der Waals surface area contributed by atoms with Crippen molar-refractivity contribution in [2.24, 2.45) is 0 Å². The Bertz CT molecular complexity index is 1290. The first-order valence-electron chi connectivity index (χ1n) is 8.93. The number of carbonyl (C=O) groups is 1. The molecule has 11 nitrogen and oxygen atoms in total. The van der Waals surface area contributed by atoms with Gasteiger partial charge in [0.2, 0.25) is 11.6 Å². The van der Waals surface area contributed by atoms with E-state index < -0.39 is 33.9 Å². The van der Waals surface area contributed by atoms with Gasteiger partial charge in [-0.05, 0) is 25.0 Å². The number of rotatable bonds is 5. The Morgan fingerprint density at radius 3 is 2.58 bits per heavy atom. The molecule has 1 aliphatic rings. The summed E-state index contributed by atoms with van der Waals surface area (Å²) in [5, 5.41) is 18.9. The van der Waals surface area contributed by atoms with Gasteiger partial charge in [0.05, 0.1) is 10.7 Å². The quantitative estimate of drug-likeness (QED) is 0.551. The van der Waals surface area contributed by atoms with Gasteiger partial charge >= 0.3 is 11.7 Å². The first kappa shape index (κ1) is 22.5. The van der Waals surface area contributed by atoms with Crippen molar-refractivity contribution < 1.29 is 14.6 Å². The van der Waals surface area contributed by atoms with Crippen LogP contribution in [0.15, 0.2) is 37.6 Å². The second-order valence-corrected chi connectivity index (χ2v) is 8.47. The van der Waals surface area contributed by atoms with E-state index in [9.17, 15) is 19.2 Å². The number of alkyl halides is 1. The van der Waals surface area contributed by atoms with Gasteiger partial charge in [0.25, 0.3) is 11.1 Å². The van der Waals surface area contributed by atoms with Crippen LogP contribution in [0.2, 0.25) is 0 Å². The average Bonchev–Trinajstić information content (AvgIpc) is 2.65. The minimum absolute atomic E-state index is 0.0309. The summed E-state index contributed by atoms with van der Waals surface area (Å²) < 4.78 is 6.47. The third-order valence-corrected chi connectivity index (χ3v) is 5.04. The number of allylic oxidation sites excluding steroid dienone is 2. The molecule has 2 unspecified atom stereocenters. The van der Waals surface area contributed by atoms with Gasteiger partial charge in [-0.15, -0.1) is 16.7 Å². The number of aromatic carboxylic acids is 1. The highest BCUT2D eigenvalue weighted by atomic mass is 35.5. The molecule has 13 heteroatoms. The fraction of sp³-hybridized carbons (Fsp3) is 0.333. The Morgan fingerprint density at radius 1 is 1.32 bits per heavy atom. The maximum Gasteiger partial charge on any atom is 0.362 e. The van der Waals surface area contributed by atoms with Crippen molar-refractivity contribution in [1.29, 1.82) is 0 Å². The summed E-state index contributed by atoms with van der Waals surface area (Å²) in [5.41, 5.74) is -2.85. The summed E-state index contributed by atoms with van der Waals surface area (Å²) in [7, 11) is 0. The van der Waals surface area contributed by atoms with E-state index in [2.05, 4.69) is 15.3 Å². The molecule has 1 aliphatic carbocycles. The van der Waals surface area contributed by atoms with Crippen LogP contribution in [0.25, 0.3) is 5.70 Å². The zero-order valence-corrected chi connectivity index (χ0v) is 18.0. The number of ether oxygens (including phenoxy) is 1. The second-order valence-electron chi connectivity index (χ2n) is 7.22. The summed E-state index contributed by atoms with van der Waals surface area (Å²) in [6, 6.07) is 1.48. The molecule has 0 bridgehead atoms. The van der Waals surface area contributed by atoms with Gasteiger partial charge in [0, 0.05) is 11.6 Å². The van der Waals surface area contributed by atoms with E-state index >= 15 is 0 Å². The number of nitrogens with zero attached hydrogens (tertiary/aromatic N) is 3. The molecule has 0 amide bonds. The van der Waals surface area contributed by atoms with E-state index in [4.69, 9.17) is 33.0 Å². The van der Waals surface area contributed by atoms with Crippen LogP contribution in [-0.2, 0) is 0 Å². The van der Waals surface area contributed by atoms with E-state index in [-0.39, 0.29) is 28.1 Å². The normalized spacial score (nSPS) is 20.9. The molecule has 164 valence electrons. The van der Waals surface area contributed by atoms with Crippen molar-refractivity contribution in [3.63, 3.8) is 0 Å².